The van der Waals surface area contributed by atoms with E-state index in [0.29, 0.717) is 41.1 Å². The van der Waals surface area contributed by atoms with Crippen LogP contribution in [0.3, 0.4) is 0 Å². The number of alkyl halides is 3. The summed E-state index contributed by atoms with van der Waals surface area (Å²) in [5, 5.41) is 2.26. The molecule has 2 aliphatic rings. The number of amides is 1. The smallest absolute Gasteiger partial charge is 0.405 e. The van der Waals surface area contributed by atoms with Gasteiger partial charge in [-0.15, -0.1) is 0 Å². The molecule has 4 rings (SSSR count). The molecular formula is C24H27ClF4N4O2. The fraction of sp³-hybridized carbons (Fsp3) is 0.542. The molecule has 6 nitrogen and oxygen atoms in total. The van der Waals surface area contributed by atoms with Gasteiger partial charge in [-0.05, 0) is 55.1 Å². The maximum absolute atomic E-state index is 14.3. The zero-order valence-electron chi connectivity index (χ0n) is 19.0. The molecule has 11 heteroatoms. The summed E-state index contributed by atoms with van der Waals surface area (Å²) in [6.45, 7) is 0.869. The second-order valence-electron chi connectivity index (χ2n) is 9.14. The van der Waals surface area contributed by atoms with Gasteiger partial charge in [0.2, 0.25) is 11.9 Å². The van der Waals surface area contributed by atoms with Crippen LogP contribution < -0.4 is 15.0 Å². The summed E-state index contributed by atoms with van der Waals surface area (Å²) in [6.07, 6.45) is 2.50. The van der Waals surface area contributed by atoms with Crippen LogP contribution in [0.4, 0.5) is 23.5 Å². The van der Waals surface area contributed by atoms with Crippen LogP contribution in [0.2, 0.25) is 5.02 Å². The molecule has 1 N–H and O–H groups in total. The Morgan fingerprint density at radius 1 is 1.20 bits per heavy atom. The molecular weight excluding hydrogens is 488 g/mol. The van der Waals surface area contributed by atoms with Gasteiger partial charge in [0.15, 0.2) is 0 Å². The number of benzene rings is 1. The summed E-state index contributed by atoms with van der Waals surface area (Å²) in [5.41, 5.74) is 0.0228. The van der Waals surface area contributed by atoms with E-state index >= 15 is 0 Å². The van der Waals surface area contributed by atoms with Crippen LogP contribution in [0.1, 0.15) is 31.2 Å². The number of anilines is 1. The van der Waals surface area contributed by atoms with Crippen LogP contribution in [0.15, 0.2) is 30.6 Å². The Hall–Kier alpha value is -2.62. The summed E-state index contributed by atoms with van der Waals surface area (Å²) in [4.78, 5) is 22.4. The summed E-state index contributed by atoms with van der Waals surface area (Å²) >= 11 is 5.86. The first-order chi connectivity index (χ1) is 16.7. The molecule has 0 radical (unpaired) electrons. The van der Waals surface area contributed by atoms with Gasteiger partial charge in [0, 0.05) is 19.2 Å². The summed E-state index contributed by atoms with van der Waals surface area (Å²) in [7, 11) is 0. The lowest BCUT2D eigenvalue weighted by atomic mass is 9.90. The molecule has 1 aliphatic carbocycles. The SMILES string of the molecule is O=C(Cc1ccc(OCCC2CC2C2CCN(c3ncc(Cl)cn3)CC2)cc1F)NCC(F)(F)F. The number of hydrogen-bond donors (Lipinski definition) is 1. The van der Waals surface area contributed by atoms with Crippen molar-refractivity contribution >= 4 is 23.5 Å². The third-order valence-corrected chi connectivity index (χ3v) is 6.83. The molecule has 1 saturated carbocycles. The molecule has 1 amide bonds. The molecule has 190 valence electrons. The molecule has 2 atom stereocenters. The number of aromatic nitrogens is 2. The Morgan fingerprint density at radius 2 is 1.91 bits per heavy atom. The molecule has 35 heavy (non-hydrogen) atoms. The molecule has 1 aromatic carbocycles. The van der Waals surface area contributed by atoms with Gasteiger partial charge in [0.1, 0.15) is 18.1 Å². The van der Waals surface area contributed by atoms with Crippen LogP contribution >= 0.6 is 11.6 Å². The first-order valence-corrected chi connectivity index (χ1v) is 12.0. The fourth-order valence-electron chi connectivity index (χ4n) is 4.70. The van der Waals surface area contributed by atoms with Gasteiger partial charge in [-0.1, -0.05) is 17.7 Å². The first-order valence-electron chi connectivity index (χ1n) is 11.6. The number of piperidine rings is 1. The molecule has 0 spiro atoms. The number of carbonyl (C=O) groups excluding carboxylic acids is 1. The lowest BCUT2D eigenvalue weighted by molar-refractivity contribution is -0.138. The average molecular weight is 515 g/mol. The number of carbonyl (C=O) groups is 1. The van der Waals surface area contributed by atoms with Crippen molar-refractivity contribution in [2.75, 3.05) is 31.1 Å². The van der Waals surface area contributed by atoms with Crippen molar-refractivity contribution in [2.24, 2.45) is 17.8 Å². The summed E-state index contributed by atoms with van der Waals surface area (Å²) in [6, 6.07) is 4.08. The van der Waals surface area contributed by atoms with Crippen LogP contribution in [0.25, 0.3) is 0 Å². The van der Waals surface area contributed by atoms with Gasteiger partial charge in [0.25, 0.3) is 0 Å². The number of ether oxygens (including phenoxy) is 1. The van der Waals surface area contributed by atoms with Crippen molar-refractivity contribution in [1.29, 1.82) is 0 Å². The Labute approximate surface area is 206 Å². The normalized spacial score (nSPS) is 20.5. The second-order valence-corrected chi connectivity index (χ2v) is 9.58. The third-order valence-electron chi connectivity index (χ3n) is 6.63. The van der Waals surface area contributed by atoms with E-state index in [1.807, 2.05) is 0 Å². The Bertz CT molecular complexity index is 1010. The predicted octanol–water partition coefficient (Wildman–Crippen LogP) is 4.81. The zero-order chi connectivity index (χ0) is 25.0. The Balaban J connectivity index is 1.15. The Morgan fingerprint density at radius 3 is 2.57 bits per heavy atom. The first kappa shape index (κ1) is 25.5. The van der Waals surface area contributed by atoms with Gasteiger partial charge in [-0.25, -0.2) is 14.4 Å². The number of halogens is 5. The van der Waals surface area contributed by atoms with Crippen molar-refractivity contribution in [3.05, 3.63) is 47.0 Å². The molecule has 2 aromatic rings. The maximum Gasteiger partial charge on any atom is 0.405 e. The largest absolute Gasteiger partial charge is 0.493 e. The predicted molar refractivity (Wildman–Crippen MR) is 123 cm³/mol. The Kier molecular flexibility index (Phi) is 7.98. The molecule has 2 heterocycles. The van der Waals surface area contributed by atoms with Crippen molar-refractivity contribution in [3.63, 3.8) is 0 Å². The summed E-state index contributed by atoms with van der Waals surface area (Å²) < 4.78 is 56.5. The second kappa shape index (κ2) is 11.0. The maximum atomic E-state index is 14.3. The van der Waals surface area contributed by atoms with Gasteiger partial charge in [-0.2, -0.15) is 13.2 Å². The molecule has 0 bridgehead atoms. The minimum Gasteiger partial charge on any atom is -0.493 e. The van der Waals surface area contributed by atoms with E-state index in [4.69, 9.17) is 16.3 Å². The summed E-state index contributed by atoms with van der Waals surface area (Å²) in [5.74, 6) is 1.44. The van der Waals surface area contributed by atoms with E-state index < -0.39 is 30.9 Å². The molecule has 1 aliphatic heterocycles. The molecule has 1 saturated heterocycles. The van der Waals surface area contributed by atoms with Crippen LogP contribution in [-0.2, 0) is 11.2 Å². The van der Waals surface area contributed by atoms with Crippen LogP contribution in [0, 0.1) is 23.6 Å². The number of nitrogens with zero attached hydrogens (tertiary/aromatic N) is 3. The monoisotopic (exact) mass is 514 g/mol. The fourth-order valence-corrected chi connectivity index (χ4v) is 4.80. The number of hydrogen-bond acceptors (Lipinski definition) is 5. The van der Waals surface area contributed by atoms with Crippen LogP contribution in [-0.4, -0.2) is 48.3 Å². The van der Waals surface area contributed by atoms with Gasteiger partial charge < -0.3 is 15.0 Å². The highest BCUT2D eigenvalue weighted by Gasteiger charge is 2.43. The van der Waals surface area contributed by atoms with E-state index in [2.05, 4.69) is 14.9 Å². The lowest BCUT2D eigenvalue weighted by Crippen LogP contribution is -2.35. The highest BCUT2D eigenvalue weighted by molar-refractivity contribution is 6.30. The van der Waals surface area contributed by atoms with E-state index in [9.17, 15) is 22.4 Å². The average Bonchev–Trinajstić information content (AvgIpc) is 3.59. The highest BCUT2D eigenvalue weighted by atomic mass is 35.5. The molecule has 2 fully saturated rings. The molecule has 1 aromatic heterocycles. The zero-order valence-corrected chi connectivity index (χ0v) is 19.8. The van der Waals surface area contributed by atoms with Crippen molar-refractivity contribution in [1.82, 2.24) is 15.3 Å². The van der Waals surface area contributed by atoms with Gasteiger partial charge in [0.05, 0.1) is 30.4 Å². The van der Waals surface area contributed by atoms with E-state index in [0.717, 1.165) is 32.4 Å². The van der Waals surface area contributed by atoms with E-state index in [1.165, 1.54) is 24.6 Å². The highest BCUT2D eigenvalue weighted by Crippen LogP contribution is 2.49. The van der Waals surface area contributed by atoms with Crippen molar-refractivity contribution < 1.29 is 27.1 Å². The standard InChI is InChI=1S/C24H27ClF4N4O2/c25-18-12-30-23(31-13-18)33-6-3-15(4-7-33)20-9-16(20)5-8-35-19-2-1-17(21(26)11-19)10-22(34)32-14-24(27,28)29/h1-2,11-13,15-16,20H,3-10,14H2,(H,32,34). The minimum absolute atomic E-state index is 0.0228. The van der Waals surface area contributed by atoms with Crippen molar-refractivity contribution in [3.8, 4) is 5.75 Å². The van der Waals surface area contributed by atoms with Crippen molar-refractivity contribution in [2.45, 2.75) is 38.3 Å². The minimum atomic E-state index is -4.50. The lowest BCUT2D eigenvalue weighted by Gasteiger charge is -2.32. The van der Waals surface area contributed by atoms with Gasteiger partial charge >= 0.3 is 6.18 Å². The number of nitrogens with one attached hydrogen (secondary N) is 1. The topological polar surface area (TPSA) is 67.3 Å². The van der Waals surface area contributed by atoms with Gasteiger partial charge in [-0.3, -0.25) is 4.79 Å². The quantitative estimate of drug-likeness (QED) is 0.486. The third kappa shape index (κ3) is 7.43. The van der Waals surface area contributed by atoms with E-state index in [-0.39, 0.29) is 5.56 Å². The van der Waals surface area contributed by atoms with Crippen LogP contribution in [0.5, 0.6) is 5.75 Å². The number of rotatable bonds is 9. The molecule has 2 unspecified atom stereocenters. The van der Waals surface area contributed by atoms with E-state index in [1.54, 1.807) is 17.7 Å².